The third-order valence-corrected chi connectivity index (χ3v) is 7.39. The molecule has 4 heterocycles. The normalized spacial score (nSPS) is 17.9. The van der Waals surface area contributed by atoms with E-state index < -0.39 is 11.6 Å². The van der Waals surface area contributed by atoms with Gasteiger partial charge in [0.15, 0.2) is 0 Å². The number of dihydropyridines is 1. The lowest BCUT2D eigenvalue weighted by Crippen LogP contribution is -2.35. The number of rotatable bonds is 2. The molecule has 0 fully saturated rings. The number of hydrogen-bond donors (Lipinski definition) is 0. The van der Waals surface area contributed by atoms with Gasteiger partial charge in [0, 0.05) is 21.9 Å². The number of nitrogens with zero attached hydrogens (tertiary/aromatic N) is 5. The molecule has 5 aromatic rings. The van der Waals surface area contributed by atoms with Crippen molar-refractivity contribution >= 4 is 50.8 Å². The van der Waals surface area contributed by atoms with E-state index in [4.69, 9.17) is 20.0 Å². The van der Waals surface area contributed by atoms with Crippen LogP contribution >= 0.6 is 0 Å². The quantitative estimate of drug-likeness (QED) is 0.235. The Kier molecular flexibility index (Phi) is 4.88. The summed E-state index contributed by atoms with van der Waals surface area (Å²) in [5.41, 5.74) is 5.53. The smallest absolute Gasteiger partial charge is 0.238 e. The van der Waals surface area contributed by atoms with Crippen molar-refractivity contribution in [3.63, 3.8) is 0 Å². The molecule has 190 valence electrons. The number of halogens is 2. The van der Waals surface area contributed by atoms with Crippen LogP contribution in [-0.4, -0.2) is 27.9 Å². The monoisotopic (exact) mass is 523 g/mol. The fourth-order valence-electron chi connectivity index (χ4n) is 5.58. The van der Waals surface area contributed by atoms with Gasteiger partial charge in [0.1, 0.15) is 29.2 Å². The van der Waals surface area contributed by atoms with Gasteiger partial charge in [0.25, 0.3) is 0 Å². The second-order valence-corrected chi connectivity index (χ2v) is 9.85. The van der Waals surface area contributed by atoms with E-state index in [1.165, 1.54) is 24.3 Å². The number of amidine groups is 2. The maximum Gasteiger partial charge on any atom is 0.238 e. The lowest BCUT2D eigenvalue weighted by atomic mass is 9.87. The highest BCUT2D eigenvalue weighted by Crippen LogP contribution is 2.37. The van der Waals surface area contributed by atoms with Crippen LogP contribution < -0.4 is 0 Å². The largest absolute Gasteiger partial charge is 0.278 e. The first kappa shape index (κ1) is 22.7. The van der Waals surface area contributed by atoms with E-state index in [0.29, 0.717) is 22.7 Å². The number of aliphatic imine (C=N–C) groups is 4. The second kappa shape index (κ2) is 8.61. The van der Waals surface area contributed by atoms with Gasteiger partial charge in [-0.3, -0.25) is 4.57 Å². The molecule has 3 aliphatic heterocycles. The molecule has 1 atom stereocenters. The van der Waals surface area contributed by atoms with E-state index >= 15 is 0 Å². The van der Waals surface area contributed by atoms with Gasteiger partial charge < -0.3 is 0 Å². The minimum atomic E-state index is -0.407. The molecule has 8 rings (SSSR count). The van der Waals surface area contributed by atoms with Crippen molar-refractivity contribution in [3.8, 4) is 0 Å². The molecule has 40 heavy (non-hydrogen) atoms. The Balaban J connectivity index is 1.41. The van der Waals surface area contributed by atoms with Gasteiger partial charge in [-0.2, -0.15) is 9.98 Å². The molecule has 4 aromatic carbocycles. The number of fused-ring (bicyclic) bond motifs is 3. The van der Waals surface area contributed by atoms with Gasteiger partial charge in [-0.1, -0.05) is 60.7 Å². The van der Waals surface area contributed by atoms with Crippen LogP contribution in [0.15, 0.2) is 135 Å². The number of hydrogen-bond acceptors (Lipinski definition) is 4. The molecule has 0 aliphatic carbocycles. The van der Waals surface area contributed by atoms with E-state index in [1.807, 2.05) is 60.7 Å². The van der Waals surface area contributed by atoms with Crippen LogP contribution in [0.5, 0.6) is 0 Å². The molecule has 0 spiro atoms. The molecule has 3 aliphatic rings. The van der Waals surface area contributed by atoms with E-state index in [0.717, 1.165) is 38.9 Å². The Morgan fingerprint density at radius 2 is 1.18 bits per heavy atom. The summed E-state index contributed by atoms with van der Waals surface area (Å²) in [7, 11) is 0. The number of aromatic nitrogens is 1. The molecule has 0 saturated carbocycles. The van der Waals surface area contributed by atoms with Crippen LogP contribution in [0, 0.1) is 17.6 Å². The first-order valence-electron chi connectivity index (χ1n) is 12.9. The van der Waals surface area contributed by atoms with E-state index in [9.17, 15) is 8.78 Å². The van der Waals surface area contributed by atoms with Crippen molar-refractivity contribution in [3.05, 3.63) is 138 Å². The summed E-state index contributed by atoms with van der Waals surface area (Å²) in [4.78, 5) is 19.7. The highest BCUT2D eigenvalue weighted by atomic mass is 19.1. The van der Waals surface area contributed by atoms with Crippen molar-refractivity contribution in [1.82, 2.24) is 4.57 Å². The van der Waals surface area contributed by atoms with Gasteiger partial charge in [-0.15, -0.1) is 0 Å². The van der Waals surface area contributed by atoms with Crippen LogP contribution in [0.2, 0.25) is 0 Å². The van der Waals surface area contributed by atoms with Crippen LogP contribution in [0.25, 0.3) is 27.5 Å². The number of benzene rings is 4. The average molecular weight is 524 g/mol. The van der Waals surface area contributed by atoms with Crippen LogP contribution in [0.4, 0.5) is 8.78 Å². The predicted molar refractivity (Wildman–Crippen MR) is 156 cm³/mol. The molecular weight excluding hydrogens is 504 g/mol. The summed E-state index contributed by atoms with van der Waals surface area (Å²) < 4.78 is 30.7. The standard InChI is InChI=1S/C33H19F2N5/c34-22-11-13-24-25-14-12-23(35)18-29(25)40(28(24)17-22)33-38-31-30-21(15-26(36-31)19-7-3-1-4-8-19)16-27(37-32(30)39-33)20-9-5-2-6-10-20/h1-18,30H. The molecule has 7 heteroatoms. The zero-order chi connectivity index (χ0) is 26.8. The van der Waals surface area contributed by atoms with Crippen molar-refractivity contribution in [2.75, 3.05) is 0 Å². The second-order valence-electron chi connectivity index (χ2n) is 9.85. The Bertz CT molecular complexity index is 1960. The summed E-state index contributed by atoms with van der Waals surface area (Å²) in [6.45, 7) is 0. The Morgan fingerprint density at radius 3 is 1.82 bits per heavy atom. The summed E-state index contributed by atoms with van der Waals surface area (Å²) in [5.74, 6) is 0.168. The van der Waals surface area contributed by atoms with Gasteiger partial charge in [0.05, 0.1) is 22.4 Å². The molecule has 0 saturated heterocycles. The lowest BCUT2D eigenvalue weighted by Gasteiger charge is -2.29. The van der Waals surface area contributed by atoms with Crippen LogP contribution in [0.3, 0.4) is 0 Å². The zero-order valence-electron chi connectivity index (χ0n) is 21.0. The highest BCUT2D eigenvalue weighted by Gasteiger charge is 2.36. The zero-order valence-corrected chi connectivity index (χ0v) is 21.0. The van der Waals surface area contributed by atoms with Crippen molar-refractivity contribution in [2.24, 2.45) is 25.9 Å². The van der Waals surface area contributed by atoms with Gasteiger partial charge in [-0.05, 0) is 54.1 Å². The van der Waals surface area contributed by atoms with E-state index in [1.54, 1.807) is 16.7 Å². The minimum absolute atomic E-state index is 0.257. The molecule has 0 amide bonds. The van der Waals surface area contributed by atoms with Gasteiger partial charge >= 0.3 is 0 Å². The lowest BCUT2D eigenvalue weighted by molar-refractivity contribution is 0.629. The molecule has 0 bridgehead atoms. The molecule has 0 N–H and O–H groups in total. The third-order valence-electron chi connectivity index (χ3n) is 7.39. The Morgan fingerprint density at radius 1 is 0.575 bits per heavy atom. The predicted octanol–water partition coefficient (Wildman–Crippen LogP) is 7.19. The maximum atomic E-state index is 14.5. The number of allylic oxidation sites excluding steroid dienone is 2. The third kappa shape index (κ3) is 3.51. The molecule has 5 nitrogen and oxygen atoms in total. The summed E-state index contributed by atoms with van der Waals surface area (Å²) in [5, 5.41) is 1.55. The van der Waals surface area contributed by atoms with Crippen LogP contribution in [0.1, 0.15) is 11.1 Å². The maximum absolute atomic E-state index is 14.5. The first-order valence-corrected chi connectivity index (χ1v) is 12.9. The summed E-state index contributed by atoms with van der Waals surface area (Å²) in [6, 6.07) is 28.9. The van der Waals surface area contributed by atoms with Crippen LogP contribution in [-0.2, 0) is 0 Å². The van der Waals surface area contributed by atoms with E-state index in [-0.39, 0.29) is 11.9 Å². The Hall–Kier alpha value is -5.30. The summed E-state index contributed by atoms with van der Waals surface area (Å²) >= 11 is 0. The van der Waals surface area contributed by atoms with E-state index in [2.05, 4.69) is 12.2 Å². The Labute approximate surface area is 227 Å². The van der Waals surface area contributed by atoms with Crippen molar-refractivity contribution in [2.45, 2.75) is 0 Å². The average Bonchev–Trinajstić information content (AvgIpc) is 3.30. The molecular formula is C33H19F2N5. The van der Waals surface area contributed by atoms with Crippen molar-refractivity contribution < 1.29 is 8.78 Å². The topological polar surface area (TPSA) is 54.4 Å². The molecule has 1 unspecified atom stereocenters. The molecule has 0 radical (unpaired) electrons. The minimum Gasteiger partial charge on any atom is -0.278 e. The first-order chi connectivity index (χ1) is 19.6. The van der Waals surface area contributed by atoms with Gasteiger partial charge in [-0.25, -0.2) is 18.8 Å². The highest BCUT2D eigenvalue weighted by molar-refractivity contribution is 6.29. The molecule has 1 aromatic heterocycles. The fraction of sp³-hybridized carbons (Fsp3) is 0.0303. The van der Waals surface area contributed by atoms with Gasteiger partial charge in [0.2, 0.25) is 5.96 Å². The fourth-order valence-corrected chi connectivity index (χ4v) is 5.58. The van der Waals surface area contributed by atoms with Crippen molar-refractivity contribution in [1.29, 1.82) is 0 Å². The summed E-state index contributed by atoms with van der Waals surface area (Å²) in [6.07, 6.45) is 4.12. The SMILES string of the molecule is Fc1ccc2c3ccc(F)cc3n(C3=NC4=NC(c5ccccc5)=CC5=CC(c6ccccc6)=NC(=N3)C54)c2c1.